The van der Waals surface area contributed by atoms with Gasteiger partial charge in [-0.15, -0.1) is 0 Å². The van der Waals surface area contributed by atoms with E-state index in [-0.39, 0.29) is 30.9 Å². The number of benzene rings is 1. The summed E-state index contributed by atoms with van der Waals surface area (Å²) >= 11 is 0. The van der Waals surface area contributed by atoms with E-state index in [9.17, 15) is 9.59 Å². The number of likely N-dealkylation sites (tertiary alicyclic amines) is 1. The number of hydrogen-bond acceptors (Lipinski definition) is 5. The van der Waals surface area contributed by atoms with E-state index >= 15 is 0 Å². The van der Waals surface area contributed by atoms with Crippen LogP contribution in [0.1, 0.15) is 30.7 Å². The standard InChI is InChI=1S/C20H24N2O5/c1-13-3-5-14(6-4-13)17-11-21-18(27-17)7-8-19(23)22-12-16(26-2)9-15(22)10-20(24)25/h3-6,11,15-16H,7-10,12H2,1-2H3,(H,24,25). The molecule has 1 saturated heterocycles. The molecule has 1 N–H and O–H groups in total. The van der Waals surface area contributed by atoms with Crippen molar-refractivity contribution in [3.63, 3.8) is 0 Å². The number of nitrogens with zero attached hydrogens (tertiary/aromatic N) is 2. The van der Waals surface area contributed by atoms with Crippen molar-refractivity contribution in [1.29, 1.82) is 0 Å². The average Bonchev–Trinajstić information content (AvgIpc) is 3.27. The van der Waals surface area contributed by atoms with Crippen LogP contribution in [0.5, 0.6) is 0 Å². The lowest BCUT2D eigenvalue weighted by Gasteiger charge is -2.23. The number of carbonyl (C=O) groups is 2. The molecule has 1 aliphatic rings. The number of carboxylic acids is 1. The van der Waals surface area contributed by atoms with Crippen LogP contribution >= 0.6 is 0 Å². The molecule has 7 nitrogen and oxygen atoms in total. The Morgan fingerprint density at radius 3 is 2.74 bits per heavy atom. The summed E-state index contributed by atoms with van der Waals surface area (Å²) in [4.78, 5) is 29.5. The van der Waals surface area contributed by atoms with Gasteiger partial charge in [0.2, 0.25) is 5.91 Å². The maximum atomic E-state index is 12.6. The molecule has 7 heteroatoms. The third-order valence-corrected chi connectivity index (χ3v) is 4.88. The molecule has 27 heavy (non-hydrogen) atoms. The molecule has 1 aromatic heterocycles. The van der Waals surface area contributed by atoms with Crippen LogP contribution in [0.2, 0.25) is 0 Å². The van der Waals surface area contributed by atoms with Crippen molar-refractivity contribution in [2.45, 2.75) is 44.8 Å². The van der Waals surface area contributed by atoms with E-state index in [0.717, 1.165) is 5.56 Å². The molecule has 0 aliphatic carbocycles. The SMILES string of the molecule is COC1CC(CC(=O)O)N(C(=O)CCc2ncc(-c3ccc(C)cc3)o2)C1. The Balaban J connectivity index is 1.60. The summed E-state index contributed by atoms with van der Waals surface area (Å²) in [6.45, 7) is 2.44. The van der Waals surface area contributed by atoms with Gasteiger partial charge in [-0.2, -0.15) is 0 Å². The van der Waals surface area contributed by atoms with Crippen LogP contribution in [0, 0.1) is 6.92 Å². The minimum Gasteiger partial charge on any atom is -0.481 e. The summed E-state index contributed by atoms with van der Waals surface area (Å²) in [5, 5.41) is 9.06. The number of amides is 1. The lowest BCUT2D eigenvalue weighted by atomic mass is 10.1. The third-order valence-electron chi connectivity index (χ3n) is 4.88. The summed E-state index contributed by atoms with van der Waals surface area (Å²) in [7, 11) is 1.58. The van der Waals surface area contributed by atoms with E-state index in [1.54, 1.807) is 18.2 Å². The number of aliphatic carboxylic acids is 1. The van der Waals surface area contributed by atoms with E-state index in [1.807, 2.05) is 31.2 Å². The van der Waals surface area contributed by atoms with Crippen LogP contribution in [0.25, 0.3) is 11.3 Å². The largest absolute Gasteiger partial charge is 0.481 e. The molecule has 144 valence electrons. The molecular weight excluding hydrogens is 348 g/mol. The van der Waals surface area contributed by atoms with Gasteiger partial charge in [-0.25, -0.2) is 4.98 Å². The highest BCUT2D eigenvalue weighted by atomic mass is 16.5. The lowest BCUT2D eigenvalue weighted by molar-refractivity contribution is -0.139. The maximum Gasteiger partial charge on any atom is 0.305 e. The minimum absolute atomic E-state index is 0.0673. The van der Waals surface area contributed by atoms with Gasteiger partial charge in [0.05, 0.1) is 18.7 Å². The molecular formula is C20H24N2O5. The number of aryl methyl sites for hydroxylation is 2. The third kappa shape index (κ3) is 4.74. The highest BCUT2D eigenvalue weighted by molar-refractivity contribution is 5.78. The van der Waals surface area contributed by atoms with Crippen molar-refractivity contribution in [3.8, 4) is 11.3 Å². The van der Waals surface area contributed by atoms with Gasteiger partial charge in [0.25, 0.3) is 0 Å². The van der Waals surface area contributed by atoms with Gasteiger partial charge in [-0.05, 0) is 13.3 Å². The second-order valence-electron chi connectivity index (χ2n) is 6.88. The van der Waals surface area contributed by atoms with Gasteiger partial charge in [-0.3, -0.25) is 9.59 Å². The van der Waals surface area contributed by atoms with Crippen molar-refractivity contribution in [1.82, 2.24) is 9.88 Å². The molecule has 3 rings (SSSR count). The number of rotatable bonds is 7. The number of carboxylic acid groups (broad SMARTS) is 1. The Bertz CT molecular complexity index is 799. The molecule has 0 saturated carbocycles. The minimum atomic E-state index is -0.912. The zero-order valence-corrected chi connectivity index (χ0v) is 15.6. The molecule has 1 fully saturated rings. The number of ether oxygens (including phenoxy) is 1. The van der Waals surface area contributed by atoms with Crippen LogP contribution in [-0.4, -0.2) is 52.7 Å². The second-order valence-corrected chi connectivity index (χ2v) is 6.88. The second kappa shape index (κ2) is 8.35. The van der Waals surface area contributed by atoms with Gasteiger partial charge >= 0.3 is 5.97 Å². The molecule has 1 aliphatic heterocycles. The first-order valence-corrected chi connectivity index (χ1v) is 9.02. The first-order valence-electron chi connectivity index (χ1n) is 9.02. The molecule has 2 aromatic rings. The average molecular weight is 372 g/mol. The van der Waals surface area contributed by atoms with Crippen LogP contribution in [0.3, 0.4) is 0 Å². The van der Waals surface area contributed by atoms with Crippen LogP contribution in [-0.2, 0) is 20.7 Å². The molecule has 2 atom stereocenters. The van der Waals surface area contributed by atoms with Crippen molar-refractivity contribution in [2.24, 2.45) is 0 Å². The Kier molecular flexibility index (Phi) is 5.91. The first-order chi connectivity index (χ1) is 13.0. The number of oxazole rings is 1. The van der Waals surface area contributed by atoms with Gasteiger partial charge in [0.1, 0.15) is 0 Å². The van der Waals surface area contributed by atoms with Crippen molar-refractivity contribution >= 4 is 11.9 Å². The predicted molar refractivity (Wildman–Crippen MR) is 98.2 cm³/mol. The zero-order valence-electron chi connectivity index (χ0n) is 15.6. The normalized spacial score (nSPS) is 19.4. The summed E-state index contributed by atoms with van der Waals surface area (Å²) in [5.41, 5.74) is 2.11. The maximum absolute atomic E-state index is 12.6. The summed E-state index contributed by atoms with van der Waals surface area (Å²) < 4.78 is 11.1. The Morgan fingerprint density at radius 1 is 1.33 bits per heavy atom. The van der Waals surface area contributed by atoms with Crippen molar-refractivity contribution in [2.75, 3.05) is 13.7 Å². The number of hydrogen-bond donors (Lipinski definition) is 1. The topological polar surface area (TPSA) is 92.9 Å². The van der Waals surface area contributed by atoms with E-state index in [4.69, 9.17) is 14.3 Å². The quantitative estimate of drug-likeness (QED) is 0.803. The fraction of sp³-hybridized carbons (Fsp3) is 0.450. The van der Waals surface area contributed by atoms with Crippen LogP contribution in [0.4, 0.5) is 0 Å². The smallest absolute Gasteiger partial charge is 0.305 e. The highest BCUT2D eigenvalue weighted by Crippen LogP contribution is 2.25. The molecule has 0 radical (unpaired) electrons. The van der Waals surface area contributed by atoms with E-state index in [2.05, 4.69) is 4.98 Å². The molecule has 1 amide bonds. The number of methoxy groups -OCH3 is 1. The number of aromatic nitrogens is 1. The van der Waals surface area contributed by atoms with Gasteiger partial charge < -0.3 is 19.2 Å². The Hall–Kier alpha value is -2.67. The fourth-order valence-corrected chi connectivity index (χ4v) is 3.38. The summed E-state index contributed by atoms with van der Waals surface area (Å²) in [5.74, 6) is 0.152. The van der Waals surface area contributed by atoms with E-state index < -0.39 is 5.97 Å². The summed E-state index contributed by atoms with van der Waals surface area (Å²) in [6, 6.07) is 7.62. The van der Waals surface area contributed by atoms with E-state index in [0.29, 0.717) is 31.0 Å². The summed E-state index contributed by atoms with van der Waals surface area (Å²) in [6.07, 6.45) is 2.62. The fourth-order valence-electron chi connectivity index (χ4n) is 3.38. The van der Waals surface area contributed by atoms with Crippen LogP contribution < -0.4 is 0 Å². The monoisotopic (exact) mass is 372 g/mol. The molecule has 1 aromatic carbocycles. The Morgan fingerprint density at radius 2 is 2.07 bits per heavy atom. The molecule has 2 heterocycles. The van der Waals surface area contributed by atoms with Gasteiger partial charge in [0.15, 0.2) is 11.7 Å². The molecule has 2 unspecified atom stereocenters. The van der Waals surface area contributed by atoms with Crippen molar-refractivity contribution < 1.29 is 23.8 Å². The predicted octanol–water partition coefficient (Wildman–Crippen LogP) is 2.67. The van der Waals surface area contributed by atoms with Crippen molar-refractivity contribution in [3.05, 3.63) is 41.9 Å². The highest BCUT2D eigenvalue weighted by Gasteiger charge is 2.36. The first kappa shape index (κ1) is 19.1. The lowest BCUT2D eigenvalue weighted by Crippen LogP contribution is -2.37. The van der Waals surface area contributed by atoms with Gasteiger partial charge in [0, 0.05) is 38.1 Å². The Labute approximate surface area is 158 Å². The molecule has 0 spiro atoms. The van der Waals surface area contributed by atoms with Crippen LogP contribution in [0.15, 0.2) is 34.9 Å². The van der Waals surface area contributed by atoms with Gasteiger partial charge in [-0.1, -0.05) is 29.8 Å². The molecule has 0 bridgehead atoms. The zero-order chi connectivity index (χ0) is 19.4. The van der Waals surface area contributed by atoms with E-state index in [1.165, 1.54) is 5.56 Å². The number of carbonyl (C=O) groups excluding carboxylic acids is 1.